The zero-order chi connectivity index (χ0) is 28.9. The number of rotatable bonds is 8. The lowest BCUT2D eigenvalue weighted by atomic mass is 9.98. The van der Waals surface area contributed by atoms with E-state index in [0.717, 1.165) is 34.2 Å². The molecule has 7 nitrogen and oxygen atoms in total. The zero-order valence-electron chi connectivity index (χ0n) is 21.3. The summed E-state index contributed by atoms with van der Waals surface area (Å²) in [5.74, 6) is -1.12. The maximum absolute atomic E-state index is 14.8. The summed E-state index contributed by atoms with van der Waals surface area (Å²) in [5, 5.41) is 8.54. The number of amides is 3. The maximum Gasteiger partial charge on any atom is 0.416 e. The van der Waals surface area contributed by atoms with Crippen LogP contribution < -0.4 is 5.32 Å². The highest BCUT2D eigenvalue weighted by atomic mass is 35.5. The number of hydrogen-bond donors (Lipinski definition) is 1. The molecule has 210 valence electrons. The van der Waals surface area contributed by atoms with Gasteiger partial charge < -0.3 is 15.0 Å². The van der Waals surface area contributed by atoms with Crippen molar-refractivity contribution in [2.24, 2.45) is 5.10 Å². The first-order chi connectivity index (χ1) is 19.1. The van der Waals surface area contributed by atoms with Crippen LogP contribution >= 0.6 is 11.6 Å². The first kappa shape index (κ1) is 29.0. The predicted molar refractivity (Wildman–Crippen MR) is 143 cm³/mol. The standard InChI is InChI=1S/C28H25ClF4N4O3/c1-40-15-14-36(27(39)34-19-12-10-18(11-13-19)28(31,32)33)17-26(38)37-25(21-7-3-5-9-23(21)30)16-24(35-37)20-6-2-4-8-22(20)29/h2-13,25H,14-17H2,1H3,(H,34,39). The van der Waals surface area contributed by atoms with E-state index in [-0.39, 0.29) is 30.8 Å². The van der Waals surface area contributed by atoms with E-state index in [2.05, 4.69) is 10.4 Å². The van der Waals surface area contributed by atoms with Crippen molar-refractivity contribution in [2.75, 3.05) is 32.1 Å². The number of nitrogens with zero attached hydrogens (tertiary/aromatic N) is 3. The van der Waals surface area contributed by atoms with Gasteiger partial charge in [0, 0.05) is 41.9 Å². The van der Waals surface area contributed by atoms with E-state index in [9.17, 15) is 27.2 Å². The Balaban J connectivity index is 1.58. The van der Waals surface area contributed by atoms with Crippen LogP contribution in [0.4, 0.5) is 28.0 Å². The number of halogens is 5. The summed E-state index contributed by atoms with van der Waals surface area (Å²) in [6.07, 6.45) is -4.33. The largest absolute Gasteiger partial charge is 0.416 e. The number of hydrazone groups is 1. The molecule has 40 heavy (non-hydrogen) atoms. The molecule has 1 aliphatic rings. The average molecular weight is 577 g/mol. The van der Waals surface area contributed by atoms with Gasteiger partial charge in [-0.3, -0.25) is 4.79 Å². The molecule has 0 bridgehead atoms. The highest BCUT2D eigenvalue weighted by molar-refractivity contribution is 6.34. The van der Waals surface area contributed by atoms with E-state index < -0.39 is 42.1 Å². The van der Waals surface area contributed by atoms with Gasteiger partial charge in [-0.25, -0.2) is 14.2 Å². The Labute approximate surface area is 233 Å². The molecule has 1 unspecified atom stereocenters. The normalized spacial score (nSPS) is 15.1. The summed E-state index contributed by atoms with van der Waals surface area (Å²) in [4.78, 5) is 27.7. The minimum absolute atomic E-state index is 0.00595. The monoisotopic (exact) mass is 576 g/mol. The molecule has 1 N–H and O–H groups in total. The van der Waals surface area contributed by atoms with E-state index in [1.807, 2.05) is 0 Å². The molecule has 0 aromatic heterocycles. The number of nitrogens with one attached hydrogen (secondary N) is 1. The Morgan fingerprint density at radius 2 is 1.75 bits per heavy atom. The van der Waals surface area contributed by atoms with Crippen molar-refractivity contribution in [1.29, 1.82) is 0 Å². The lowest BCUT2D eigenvalue weighted by Crippen LogP contribution is -2.44. The maximum atomic E-state index is 14.8. The van der Waals surface area contributed by atoms with Gasteiger partial charge in [0.15, 0.2) is 0 Å². The number of urea groups is 1. The second kappa shape index (κ2) is 12.5. The van der Waals surface area contributed by atoms with Gasteiger partial charge in [0.05, 0.1) is 23.9 Å². The van der Waals surface area contributed by atoms with Gasteiger partial charge in [0.1, 0.15) is 12.4 Å². The van der Waals surface area contributed by atoms with Crippen LogP contribution in [-0.2, 0) is 15.7 Å². The quantitative estimate of drug-likeness (QED) is 0.317. The summed E-state index contributed by atoms with van der Waals surface area (Å²) in [5.41, 5.74) is 0.566. The first-order valence-corrected chi connectivity index (χ1v) is 12.6. The first-order valence-electron chi connectivity index (χ1n) is 12.2. The average Bonchev–Trinajstić information content (AvgIpc) is 3.36. The van der Waals surface area contributed by atoms with E-state index in [0.29, 0.717) is 16.3 Å². The number of alkyl halides is 3. The fraction of sp³-hybridized carbons (Fsp3) is 0.250. The van der Waals surface area contributed by atoms with Crippen LogP contribution in [0.5, 0.6) is 0 Å². The molecule has 1 atom stereocenters. The molecule has 0 spiro atoms. The van der Waals surface area contributed by atoms with E-state index in [1.54, 1.807) is 36.4 Å². The van der Waals surface area contributed by atoms with Crippen molar-refractivity contribution in [3.63, 3.8) is 0 Å². The molecular formula is C28H25ClF4N4O3. The number of benzene rings is 3. The molecule has 0 aliphatic carbocycles. The predicted octanol–water partition coefficient (Wildman–Crippen LogP) is 6.36. The number of anilines is 1. The molecule has 0 saturated carbocycles. The van der Waals surface area contributed by atoms with Crippen molar-refractivity contribution >= 4 is 34.9 Å². The van der Waals surface area contributed by atoms with Gasteiger partial charge >= 0.3 is 12.2 Å². The molecule has 3 aromatic carbocycles. The van der Waals surface area contributed by atoms with Crippen LogP contribution in [0.3, 0.4) is 0 Å². The molecule has 0 fully saturated rings. The van der Waals surface area contributed by atoms with Crippen LogP contribution in [0.25, 0.3) is 0 Å². The highest BCUT2D eigenvalue weighted by Gasteiger charge is 2.36. The van der Waals surface area contributed by atoms with Crippen molar-refractivity contribution in [2.45, 2.75) is 18.6 Å². The highest BCUT2D eigenvalue weighted by Crippen LogP contribution is 2.35. The topological polar surface area (TPSA) is 74.2 Å². The fourth-order valence-corrected chi connectivity index (χ4v) is 4.47. The smallest absolute Gasteiger partial charge is 0.383 e. The molecule has 3 amide bonds. The third-order valence-corrected chi connectivity index (χ3v) is 6.59. The Hall–Kier alpha value is -3.96. The molecule has 3 aromatic rings. The number of hydrogen-bond acceptors (Lipinski definition) is 4. The molecule has 1 aliphatic heterocycles. The Morgan fingerprint density at radius 3 is 2.40 bits per heavy atom. The second-order valence-electron chi connectivity index (χ2n) is 8.93. The van der Waals surface area contributed by atoms with Crippen molar-refractivity contribution in [1.82, 2.24) is 9.91 Å². The summed E-state index contributed by atoms with van der Waals surface area (Å²) < 4.78 is 58.5. The van der Waals surface area contributed by atoms with Crippen LogP contribution in [0.2, 0.25) is 5.02 Å². The third kappa shape index (κ3) is 6.78. The molecule has 1 heterocycles. The molecule has 0 radical (unpaired) electrons. The minimum atomic E-state index is -4.52. The summed E-state index contributed by atoms with van der Waals surface area (Å²) >= 11 is 6.36. The SMILES string of the molecule is COCCN(CC(=O)N1N=C(c2ccccc2Cl)CC1c1ccccc1F)C(=O)Nc1ccc(C(F)(F)F)cc1. The summed E-state index contributed by atoms with van der Waals surface area (Å²) in [6.45, 7) is -0.382. The van der Waals surface area contributed by atoms with Gasteiger partial charge in [-0.15, -0.1) is 0 Å². The van der Waals surface area contributed by atoms with Crippen molar-refractivity contribution < 1.29 is 31.9 Å². The summed E-state index contributed by atoms with van der Waals surface area (Å²) in [6, 6.07) is 15.4. The van der Waals surface area contributed by atoms with Crippen molar-refractivity contribution in [3.05, 3.63) is 100 Å². The lowest BCUT2D eigenvalue weighted by molar-refractivity contribution is -0.137. The molecular weight excluding hydrogens is 552 g/mol. The third-order valence-electron chi connectivity index (χ3n) is 6.26. The summed E-state index contributed by atoms with van der Waals surface area (Å²) in [7, 11) is 1.42. The minimum Gasteiger partial charge on any atom is -0.383 e. The molecule has 0 saturated heterocycles. The Bertz CT molecular complexity index is 1400. The number of carbonyl (C=O) groups excluding carboxylic acids is 2. The van der Waals surface area contributed by atoms with Gasteiger partial charge in [0.2, 0.25) is 0 Å². The van der Waals surface area contributed by atoms with Gasteiger partial charge in [-0.1, -0.05) is 48.0 Å². The van der Waals surface area contributed by atoms with Gasteiger partial charge in [0.25, 0.3) is 5.91 Å². The van der Waals surface area contributed by atoms with E-state index in [1.165, 1.54) is 19.2 Å². The van der Waals surface area contributed by atoms with Crippen LogP contribution in [0, 0.1) is 5.82 Å². The van der Waals surface area contributed by atoms with E-state index in [4.69, 9.17) is 16.3 Å². The number of methoxy groups -OCH3 is 1. The second-order valence-corrected chi connectivity index (χ2v) is 9.33. The molecule has 12 heteroatoms. The van der Waals surface area contributed by atoms with Crippen LogP contribution in [0.15, 0.2) is 77.9 Å². The van der Waals surface area contributed by atoms with E-state index >= 15 is 0 Å². The molecule has 4 rings (SSSR count). The number of ether oxygens (including phenoxy) is 1. The van der Waals surface area contributed by atoms with Crippen LogP contribution in [0.1, 0.15) is 29.2 Å². The Kier molecular flexibility index (Phi) is 9.06. The number of carbonyl (C=O) groups is 2. The van der Waals surface area contributed by atoms with Crippen molar-refractivity contribution in [3.8, 4) is 0 Å². The van der Waals surface area contributed by atoms with Gasteiger partial charge in [-0.05, 0) is 36.4 Å². The zero-order valence-corrected chi connectivity index (χ0v) is 22.0. The van der Waals surface area contributed by atoms with Crippen LogP contribution in [-0.4, -0.2) is 54.4 Å². The lowest BCUT2D eigenvalue weighted by Gasteiger charge is -2.27. The fourth-order valence-electron chi connectivity index (χ4n) is 4.22. The van der Waals surface area contributed by atoms with Gasteiger partial charge in [-0.2, -0.15) is 18.3 Å². The Morgan fingerprint density at radius 1 is 1.07 bits per heavy atom.